The maximum Gasteiger partial charge on any atom is 0.269 e. The molecule has 1 N–H and O–H groups in total. The first-order valence-electron chi connectivity index (χ1n) is 6.25. The zero-order valence-corrected chi connectivity index (χ0v) is 10.8. The molecule has 5 heteroatoms. The summed E-state index contributed by atoms with van der Waals surface area (Å²) in [7, 11) is 0. The van der Waals surface area contributed by atoms with Crippen LogP contribution in [0.4, 0.5) is 4.39 Å². The molecule has 0 radical (unpaired) electrons. The smallest absolute Gasteiger partial charge is 0.269 e. The van der Waals surface area contributed by atoms with Crippen molar-refractivity contribution >= 4 is 5.91 Å². The van der Waals surface area contributed by atoms with E-state index in [4.69, 9.17) is 0 Å². The number of aromatic nitrogens is 2. The summed E-state index contributed by atoms with van der Waals surface area (Å²) in [6.45, 7) is 3.12. The first kappa shape index (κ1) is 13.3. The Morgan fingerprint density at radius 1 is 1.32 bits per heavy atom. The van der Waals surface area contributed by atoms with Crippen LogP contribution in [0.15, 0.2) is 36.5 Å². The minimum atomic E-state index is -0.281. The zero-order valence-electron chi connectivity index (χ0n) is 10.8. The fourth-order valence-corrected chi connectivity index (χ4v) is 1.79. The van der Waals surface area contributed by atoms with Gasteiger partial charge in [0, 0.05) is 19.3 Å². The van der Waals surface area contributed by atoms with Crippen LogP contribution in [-0.4, -0.2) is 15.7 Å². The number of carbonyl (C=O) groups is 1. The van der Waals surface area contributed by atoms with Crippen LogP contribution in [0, 0.1) is 5.82 Å². The summed E-state index contributed by atoms with van der Waals surface area (Å²) in [5.41, 5.74) is 1.40. The summed E-state index contributed by atoms with van der Waals surface area (Å²) in [6, 6.07) is 7.75. The SMILES string of the molecule is CCCn1nccc1C(=O)NCc1ccc(F)cc1. The molecule has 4 nitrogen and oxygen atoms in total. The van der Waals surface area contributed by atoms with Crippen LogP contribution in [0.25, 0.3) is 0 Å². The molecule has 0 bridgehead atoms. The van der Waals surface area contributed by atoms with Gasteiger partial charge in [-0.25, -0.2) is 4.39 Å². The average molecular weight is 261 g/mol. The Balaban J connectivity index is 1.97. The first-order valence-corrected chi connectivity index (χ1v) is 6.25. The van der Waals surface area contributed by atoms with Crippen molar-refractivity contribution < 1.29 is 9.18 Å². The van der Waals surface area contributed by atoms with Crippen molar-refractivity contribution in [2.75, 3.05) is 0 Å². The van der Waals surface area contributed by atoms with E-state index in [-0.39, 0.29) is 11.7 Å². The second-order valence-corrected chi connectivity index (χ2v) is 4.25. The largest absolute Gasteiger partial charge is 0.347 e. The second kappa shape index (κ2) is 6.13. The summed E-state index contributed by atoms with van der Waals surface area (Å²) >= 11 is 0. The fraction of sp³-hybridized carbons (Fsp3) is 0.286. The van der Waals surface area contributed by atoms with Gasteiger partial charge in [0.05, 0.1) is 0 Å². The van der Waals surface area contributed by atoms with Crippen molar-refractivity contribution in [3.63, 3.8) is 0 Å². The van der Waals surface area contributed by atoms with Gasteiger partial charge < -0.3 is 5.32 Å². The number of hydrogen-bond donors (Lipinski definition) is 1. The number of aryl methyl sites for hydroxylation is 1. The summed E-state index contributed by atoms with van der Waals surface area (Å²) in [5, 5.41) is 6.90. The van der Waals surface area contributed by atoms with Gasteiger partial charge >= 0.3 is 0 Å². The molecule has 2 aromatic rings. The molecule has 100 valence electrons. The predicted octanol–water partition coefficient (Wildman–Crippen LogP) is 2.36. The third-order valence-corrected chi connectivity index (χ3v) is 2.75. The molecular formula is C14H16FN3O. The Kier molecular flexibility index (Phi) is 4.28. The lowest BCUT2D eigenvalue weighted by molar-refractivity contribution is 0.0940. The van der Waals surface area contributed by atoms with Crippen LogP contribution >= 0.6 is 0 Å². The molecule has 0 saturated carbocycles. The van der Waals surface area contributed by atoms with E-state index in [0.29, 0.717) is 18.8 Å². The Morgan fingerprint density at radius 3 is 2.74 bits per heavy atom. The van der Waals surface area contributed by atoms with Crippen molar-refractivity contribution in [2.24, 2.45) is 0 Å². The topological polar surface area (TPSA) is 46.9 Å². The number of halogens is 1. The minimum absolute atomic E-state index is 0.171. The molecule has 1 heterocycles. The number of benzene rings is 1. The van der Waals surface area contributed by atoms with Crippen LogP contribution in [-0.2, 0) is 13.1 Å². The van der Waals surface area contributed by atoms with Crippen LogP contribution < -0.4 is 5.32 Å². The predicted molar refractivity (Wildman–Crippen MR) is 70.1 cm³/mol. The molecule has 0 spiro atoms. The number of amides is 1. The molecule has 0 fully saturated rings. The molecule has 1 aromatic heterocycles. The normalized spacial score (nSPS) is 10.4. The molecule has 0 atom stereocenters. The Morgan fingerprint density at radius 2 is 2.05 bits per heavy atom. The molecule has 19 heavy (non-hydrogen) atoms. The maximum atomic E-state index is 12.7. The van der Waals surface area contributed by atoms with E-state index in [1.54, 1.807) is 29.1 Å². The maximum absolute atomic E-state index is 12.7. The highest BCUT2D eigenvalue weighted by Crippen LogP contribution is 2.04. The van der Waals surface area contributed by atoms with Crippen LogP contribution in [0.5, 0.6) is 0 Å². The monoisotopic (exact) mass is 261 g/mol. The quantitative estimate of drug-likeness (QED) is 0.898. The van der Waals surface area contributed by atoms with Gasteiger partial charge in [0.1, 0.15) is 11.5 Å². The van der Waals surface area contributed by atoms with E-state index in [1.807, 2.05) is 6.92 Å². The third kappa shape index (κ3) is 3.40. The van der Waals surface area contributed by atoms with Gasteiger partial charge in [-0.3, -0.25) is 9.48 Å². The summed E-state index contributed by atoms with van der Waals surface area (Å²) in [6.07, 6.45) is 2.53. The molecule has 0 aliphatic heterocycles. The van der Waals surface area contributed by atoms with E-state index in [9.17, 15) is 9.18 Å². The van der Waals surface area contributed by atoms with Crippen LogP contribution in [0.2, 0.25) is 0 Å². The Hall–Kier alpha value is -2.17. The Labute approximate surface area is 111 Å². The highest BCUT2D eigenvalue weighted by Gasteiger charge is 2.10. The zero-order chi connectivity index (χ0) is 13.7. The van der Waals surface area contributed by atoms with Crippen molar-refractivity contribution in [3.8, 4) is 0 Å². The van der Waals surface area contributed by atoms with Gasteiger partial charge in [-0.1, -0.05) is 19.1 Å². The van der Waals surface area contributed by atoms with Crippen molar-refractivity contribution in [2.45, 2.75) is 26.4 Å². The van der Waals surface area contributed by atoms with Crippen molar-refractivity contribution in [3.05, 3.63) is 53.6 Å². The summed E-state index contributed by atoms with van der Waals surface area (Å²) < 4.78 is 14.4. The summed E-state index contributed by atoms with van der Waals surface area (Å²) in [5.74, 6) is -0.452. The van der Waals surface area contributed by atoms with Gasteiger partial charge in [0.15, 0.2) is 0 Å². The number of nitrogens with zero attached hydrogens (tertiary/aromatic N) is 2. The van der Waals surface area contributed by atoms with Gasteiger partial charge in [-0.15, -0.1) is 0 Å². The lowest BCUT2D eigenvalue weighted by atomic mass is 10.2. The van der Waals surface area contributed by atoms with E-state index < -0.39 is 0 Å². The van der Waals surface area contributed by atoms with Crippen molar-refractivity contribution in [1.82, 2.24) is 15.1 Å². The van der Waals surface area contributed by atoms with E-state index in [2.05, 4.69) is 10.4 Å². The minimum Gasteiger partial charge on any atom is -0.347 e. The molecule has 1 amide bonds. The molecule has 0 saturated heterocycles. The van der Waals surface area contributed by atoms with E-state index >= 15 is 0 Å². The highest BCUT2D eigenvalue weighted by atomic mass is 19.1. The molecule has 1 aromatic carbocycles. The lowest BCUT2D eigenvalue weighted by Crippen LogP contribution is -2.25. The average Bonchev–Trinajstić information content (AvgIpc) is 2.86. The number of hydrogen-bond acceptors (Lipinski definition) is 2. The standard InChI is InChI=1S/C14H16FN3O/c1-2-9-18-13(7-8-17-18)14(19)16-10-11-3-5-12(15)6-4-11/h3-8H,2,9-10H2,1H3,(H,16,19). The van der Waals surface area contributed by atoms with Gasteiger partial charge in [-0.2, -0.15) is 5.10 Å². The number of rotatable bonds is 5. The molecule has 0 aliphatic carbocycles. The van der Waals surface area contributed by atoms with Gasteiger partial charge in [0.2, 0.25) is 0 Å². The number of nitrogens with one attached hydrogen (secondary N) is 1. The molecule has 0 aliphatic rings. The van der Waals surface area contributed by atoms with Gasteiger partial charge in [-0.05, 0) is 30.2 Å². The van der Waals surface area contributed by atoms with Crippen molar-refractivity contribution in [1.29, 1.82) is 0 Å². The van der Waals surface area contributed by atoms with Gasteiger partial charge in [0.25, 0.3) is 5.91 Å². The van der Waals surface area contributed by atoms with E-state index in [1.165, 1.54) is 12.1 Å². The highest BCUT2D eigenvalue weighted by molar-refractivity contribution is 5.92. The first-order chi connectivity index (χ1) is 9.20. The summed E-state index contributed by atoms with van der Waals surface area (Å²) in [4.78, 5) is 12.0. The van der Waals surface area contributed by atoms with E-state index in [0.717, 1.165) is 12.0 Å². The molecular weight excluding hydrogens is 245 g/mol. The van der Waals surface area contributed by atoms with Crippen LogP contribution in [0.1, 0.15) is 29.4 Å². The second-order valence-electron chi connectivity index (χ2n) is 4.25. The fourth-order valence-electron chi connectivity index (χ4n) is 1.79. The molecule has 2 rings (SSSR count). The number of carbonyl (C=O) groups excluding carboxylic acids is 1. The lowest BCUT2D eigenvalue weighted by Gasteiger charge is -2.07. The van der Waals surface area contributed by atoms with Crippen LogP contribution in [0.3, 0.4) is 0 Å². The molecule has 0 unspecified atom stereocenters. The third-order valence-electron chi connectivity index (χ3n) is 2.75. The Bertz CT molecular complexity index is 548.